The van der Waals surface area contributed by atoms with Gasteiger partial charge in [0.25, 0.3) is 0 Å². The second kappa shape index (κ2) is 6.64. The van der Waals surface area contributed by atoms with Gasteiger partial charge in [0.15, 0.2) is 8.32 Å². The summed E-state index contributed by atoms with van der Waals surface area (Å²) < 4.78 is 11.2. The minimum atomic E-state index is -1.87. The van der Waals surface area contributed by atoms with Gasteiger partial charge in [-0.2, -0.15) is 0 Å². The summed E-state index contributed by atoms with van der Waals surface area (Å²) in [5.74, 6) is 2.53. The molecule has 0 spiro atoms. The quantitative estimate of drug-likeness (QED) is 0.638. The van der Waals surface area contributed by atoms with E-state index in [2.05, 4.69) is 45.1 Å². The summed E-state index contributed by atoms with van der Waals surface area (Å²) in [6.45, 7) is 16.5. The molecule has 0 saturated carbocycles. The first kappa shape index (κ1) is 19.0. The van der Waals surface area contributed by atoms with E-state index in [1.807, 2.05) is 20.8 Å². The van der Waals surface area contributed by atoms with Crippen molar-refractivity contribution in [2.24, 2.45) is 0 Å². The van der Waals surface area contributed by atoms with Crippen LogP contribution in [-0.4, -0.2) is 32.7 Å². The third-order valence-corrected chi connectivity index (χ3v) is 7.81. The molecular weight excluding hydrogens is 270 g/mol. The lowest BCUT2D eigenvalue weighted by Gasteiger charge is -2.36. The van der Waals surface area contributed by atoms with Crippen LogP contribution in [0.15, 0.2) is 0 Å². The smallest absolute Gasteiger partial charge is 0.408 e. The summed E-state index contributed by atoms with van der Waals surface area (Å²) in [4.78, 5) is 11.7. The van der Waals surface area contributed by atoms with Crippen molar-refractivity contribution in [2.45, 2.75) is 71.3 Å². The fourth-order valence-electron chi connectivity index (χ4n) is 1.09. The van der Waals surface area contributed by atoms with Gasteiger partial charge in [-0.25, -0.2) is 4.79 Å². The van der Waals surface area contributed by atoms with Gasteiger partial charge in [0.1, 0.15) is 11.6 Å². The monoisotopic (exact) mass is 299 g/mol. The zero-order valence-corrected chi connectivity index (χ0v) is 15.1. The minimum Gasteiger partial charge on any atom is -0.444 e. The van der Waals surface area contributed by atoms with E-state index in [1.54, 1.807) is 0 Å². The Morgan fingerprint density at radius 2 is 1.75 bits per heavy atom. The number of hydrogen-bond donors (Lipinski definition) is 1. The normalized spacial score (nSPS) is 14.3. The van der Waals surface area contributed by atoms with Crippen LogP contribution in [-0.2, 0) is 9.16 Å². The van der Waals surface area contributed by atoms with E-state index in [0.29, 0.717) is 6.61 Å². The number of rotatable bonds is 4. The molecule has 1 atom stereocenters. The molecule has 0 aliphatic heterocycles. The standard InChI is InChI=1S/C15H29NO3Si/c1-10-12(16-13(17)19-14(2,3)4)11-18-20(8,9)15(5,6)7/h1,12H,11H2,2-9H3,(H,16,17). The minimum absolute atomic E-state index is 0.109. The van der Waals surface area contributed by atoms with Gasteiger partial charge in [0.2, 0.25) is 0 Å². The van der Waals surface area contributed by atoms with E-state index in [1.165, 1.54) is 0 Å². The van der Waals surface area contributed by atoms with E-state index in [-0.39, 0.29) is 5.04 Å². The molecule has 116 valence electrons. The largest absolute Gasteiger partial charge is 0.444 e. The summed E-state index contributed by atoms with van der Waals surface area (Å²) >= 11 is 0. The Balaban J connectivity index is 4.46. The van der Waals surface area contributed by atoms with Crippen molar-refractivity contribution >= 4 is 14.4 Å². The van der Waals surface area contributed by atoms with Gasteiger partial charge in [-0.1, -0.05) is 26.7 Å². The van der Waals surface area contributed by atoms with Crippen molar-refractivity contribution < 1.29 is 14.0 Å². The zero-order chi connectivity index (χ0) is 16.2. The Morgan fingerprint density at radius 1 is 1.25 bits per heavy atom. The van der Waals surface area contributed by atoms with Crippen LogP contribution >= 0.6 is 0 Å². The third kappa shape index (κ3) is 6.97. The number of amides is 1. The Kier molecular flexibility index (Phi) is 6.31. The molecule has 0 aromatic rings. The SMILES string of the molecule is C#CC(CO[Si](C)(C)C(C)(C)C)NC(=O)OC(C)(C)C. The van der Waals surface area contributed by atoms with Crippen molar-refractivity contribution in [3.8, 4) is 12.3 Å². The van der Waals surface area contributed by atoms with E-state index in [0.717, 1.165) is 0 Å². The lowest BCUT2D eigenvalue weighted by atomic mass is 10.2. The highest BCUT2D eigenvalue weighted by Crippen LogP contribution is 2.36. The predicted molar refractivity (Wildman–Crippen MR) is 85.1 cm³/mol. The molecule has 1 N–H and O–H groups in total. The molecule has 0 heterocycles. The Morgan fingerprint density at radius 3 is 2.10 bits per heavy atom. The van der Waals surface area contributed by atoms with E-state index in [4.69, 9.17) is 15.6 Å². The molecule has 0 aromatic heterocycles. The highest BCUT2D eigenvalue weighted by molar-refractivity contribution is 6.74. The summed E-state index contributed by atoms with van der Waals surface area (Å²) in [6.07, 6.45) is 4.92. The van der Waals surface area contributed by atoms with Gasteiger partial charge in [0, 0.05) is 0 Å². The number of alkyl carbamates (subject to hydrolysis) is 1. The molecule has 1 amide bonds. The van der Waals surface area contributed by atoms with Crippen molar-refractivity contribution in [1.82, 2.24) is 5.32 Å². The molecule has 0 aromatic carbocycles. The Bertz CT molecular complexity index is 372. The second-order valence-electron chi connectivity index (χ2n) is 7.44. The van der Waals surface area contributed by atoms with Crippen molar-refractivity contribution in [2.75, 3.05) is 6.61 Å². The van der Waals surface area contributed by atoms with Crippen molar-refractivity contribution in [3.63, 3.8) is 0 Å². The van der Waals surface area contributed by atoms with Crippen LogP contribution in [0.5, 0.6) is 0 Å². The van der Waals surface area contributed by atoms with E-state index >= 15 is 0 Å². The second-order valence-corrected chi connectivity index (χ2v) is 12.2. The summed E-state index contributed by atoms with van der Waals surface area (Å²) in [5.41, 5.74) is -0.538. The van der Waals surface area contributed by atoms with Crippen LogP contribution in [0.1, 0.15) is 41.5 Å². The van der Waals surface area contributed by atoms with Gasteiger partial charge in [-0.3, -0.25) is 0 Å². The molecule has 4 nitrogen and oxygen atoms in total. The van der Waals surface area contributed by atoms with Crippen molar-refractivity contribution in [3.05, 3.63) is 0 Å². The summed E-state index contributed by atoms with van der Waals surface area (Å²) in [7, 11) is -1.87. The highest BCUT2D eigenvalue weighted by atomic mass is 28.4. The summed E-state index contributed by atoms with van der Waals surface area (Å²) in [5, 5.41) is 2.76. The van der Waals surface area contributed by atoms with Crippen LogP contribution < -0.4 is 5.32 Å². The maximum atomic E-state index is 11.7. The first-order valence-corrected chi connectivity index (χ1v) is 9.79. The molecule has 0 aliphatic rings. The summed E-state index contributed by atoms with van der Waals surface area (Å²) in [6, 6.07) is -0.473. The molecule has 0 bridgehead atoms. The number of carbonyl (C=O) groups is 1. The lowest BCUT2D eigenvalue weighted by Crippen LogP contribution is -2.46. The number of nitrogens with one attached hydrogen (secondary N) is 1. The van der Waals surface area contributed by atoms with Gasteiger partial charge in [-0.05, 0) is 38.9 Å². The average molecular weight is 299 g/mol. The van der Waals surface area contributed by atoms with Crippen LogP contribution in [0.25, 0.3) is 0 Å². The van der Waals surface area contributed by atoms with Gasteiger partial charge in [0.05, 0.1) is 6.61 Å². The van der Waals surface area contributed by atoms with Gasteiger partial charge < -0.3 is 14.5 Å². The lowest BCUT2D eigenvalue weighted by molar-refractivity contribution is 0.0502. The Labute approximate surface area is 124 Å². The molecule has 20 heavy (non-hydrogen) atoms. The molecule has 0 saturated heterocycles. The first-order chi connectivity index (χ1) is 8.78. The fourth-order valence-corrected chi connectivity index (χ4v) is 2.11. The number of ether oxygens (including phenoxy) is 1. The Hall–Kier alpha value is -0.993. The van der Waals surface area contributed by atoms with Crippen LogP contribution in [0.2, 0.25) is 18.1 Å². The van der Waals surface area contributed by atoms with Crippen LogP contribution in [0, 0.1) is 12.3 Å². The maximum absolute atomic E-state index is 11.7. The van der Waals surface area contributed by atoms with Gasteiger partial charge in [-0.15, -0.1) is 6.42 Å². The molecular formula is C15H29NO3Si. The van der Waals surface area contributed by atoms with E-state index in [9.17, 15) is 4.79 Å². The van der Waals surface area contributed by atoms with Gasteiger partial charge >= 0.3 is 6.09 Å². The average Bonchev–Trinajstić information content (AvgIpc) is 2.19. The molecule has 5 heteroatoms. The maximum Gasteiger partial charge on any atom is 0.408 e. The van der Waals surface area contributed by atoms with E-state index < -0.39 is 26.1 Å². The van der Waals surface area contributed by atoms with Crippen molar-refractivity contribution in [1.29, 1.82) is 0 Å². The molecule has 1 unspecified atom stereocenters. The fraction of sp³-hybridized carbons (Fsp3) is 0.800. The number of terminal acetylenes is 1. The first-order valence-electron chi connectivity index (χ1n) is 6.88. The number of hydrogen-bond acceptors (Lipinski definition) is 3. The molecule has 0 aliphatic carbocycles. The van der Waals surface area contributed by atoms with Crippen LogP contribution in [0.4, 0.5) is 4.79 Å². The predicted octanol–water partition coefficient (Wildman–Crippen LogP) is 3.53. The molecule has 0 rings (SSSR count). The van der Waals surface area contributed by atoms with Crippen LogP contribution in [0.3, 0.4) is 0 Å². The topological polar surface area (TPSA) is 47.6 Å². The molecule has 0 fully saturated rings. The molecule has 0 radical (unpaired) electrons. The highest BCUT2D eigenvalue weighted by Gasteiger charge is 2.37. The third-order valence-electron chi connectivity index (χ3n) is 3.31. The zero-order valence-electron chi connectivity index (χ0n) is 14.1. The number of carbonyl (C=O) groups excluding carboxylic acids is 1.